The van der Waals surface area contributed by atoms with E-state index in [1.807, 2.05) is 31.3 Å². The molecule has 0 bridgehead atoms. The second-order valence-electron chi connectivity index (χ2n) is 5.78. The van der Waals surface area contributed by atoms with E-state index in [-0.39, 0.29) is 5.91 Å². The van der Waals surface area contributed by atoms with Crippen LogP contribution in [-0.2, 0) is 16.1 Å². The molecule has 25 heavy (non-hydrogen) atoms. The van der Waals surface area contributed by atoms with Gasteiger partial charge in [0.25, 0.3) is 5.91 Å². The van der Waals surface area contributed by atoms with Gasteiger partial charge in [-0.05, 0) is 48.5 Å². The molecule has 1 amide bonds. The highest BCUT2D eigenvalue weighted by atomic mass is 16.5. The molecule has 1 atom stereocenters. The van der Waals surface area contributed by atoms with E-state index in [4.69, 9.17) is 4.74 Å². The van der Waals surface area contributed by atoms with Gasteiger partial charge in [-0.1, -0.05) is 0 Å². The summed E-state index contributed by atoms with van der Waals surface area (Å²) in [7, 11) is 4.93. The molecular formula is C19H23N2O4+. The number of benzene rings is 2. The molecule has 0 aliphatic rings. The number of carbonyl (C=O) groups is 2. The fourth-order valence-electron chi connectivity index (χ4n) is 2.44. The van der Waals surface area contributed by atoms with E-state index in [0.29, 0.717) is 17.8 Å². The summed E-state index contributed by atoms with van der Waals surface area (Å²) in [5.41, 5.74) is 2.23. The summed E-state index contributed by atoms with van der Waals surface area (Å²) in [6.07, 6.45) is 0. The van der Waals surface area contributed by atoms with Crippen LogP contribution in [0.15, 0.2) is 48.5 Å². The highest BCUT2D eigenvalue weighted by Gasteiger charge is 2.12. The standard InChI is InChI=1S/C19H22N2O4/c1-21(12-14-4-10-17(24-2)11-5-14)13-18(22)20-16-8-6-15(7-9-16)19(23)25-3/h4-11H,12-13H2,1-3H3,(H,20,22)/p+1. The fourth-order valence-corrected chi connectivity index (χ4v) is 2.44. The third kappa shape index (κ3) is 5.61. The van der Waals surface area contributed by atoms with E-state index in [0.717, 1.165) is 22.8 Å². The molecule has 2 N–H and O–H groups in total. The first kappa shape index (κ1) is 18.5. The van der Waals surface area contributed by atoms with Gasteiger partial charge in [-0.25, -0.2) is 4.79 Å². The average Bonchev–Trinajstić information content (AvgIpc) is 2.62. The van der Waals surface area contributed by atoms with Crippen molar-refractivity contribution in [3.8, 4) is 5.75 Å². The fraction of sp³-hybridized carbons (Fsp3) is 0.263. The summed E-state index contributed by atoms with van der Waals surface area (Å²) < 4.78 is 9.78. The van der Waals surface area contributed by atoms with Crippen molar-refractivity contribution < 1.29 is 24.0 Å². The Bertz CT molecular complexity index is 711. The molecule has 0 radical (unpaired) electrons. The van der Waals surface area contributed by atoms with Crippen LogP contribution in [0.1, 0.15) is 15.9 Å². The highest BCUT2D eigenvalue weighted by Crippen LogP contribution is 2.11. The highest BCUT2D eigenvalue weighted by molar-refractivity contribution is 5.93. The minimum Gasteiger partial charge on any atom is -0.497 e. The Kier molecular flexibility index (Phi) is 6.54. The third-order valence-electron chi connectivity index (χ3n) is 3.72. The van der Waals surface area contributed by atoms with E-state index < -0.39 is 5.97 Å². The van der Waals surface area contributed by atoms with Gasteiger partial charge in [-0.15, -0.1) is 0 Å². The van der Waals surface area contributed by atoms with Crippen LogP contribution in [0, 0.1) is 0 Å². The number of amides is 1. The molecule has 6 heteroatoms. The summed E-state index contributed by atoms with van der Waals surface area (Å²) in [6.45, 7) is 1.07. The molecule has 0 fully saturated rings. The van der Waals surface area contributed by atoms with Crippen molar-refractivity contribution in [1.82, 2.24) is 0 Å². The number of ether oxygens (including phenoxy) is 2. The number of hydrogen-bond donors (Lipinski definition) is 2. The lowest BCUT2D eigenvalue weighted by Crippen LogP contribution is -3.08. The number of hydrogen-bond acceptors (Lipinski definition) is 4. The maximum atomic E-state index is 12.1. The number of quaternary nitrogens is 1. The van der Waals surface area contributed by atoms with Crippen molar-refractivity contribution in [2.75, 3.05) is 33.1 Å². The van der Waals surface area contributed by atoms with Gasteiger partial charge in [-0.2, -0.15) is 0 Å². The molecule has 0 aliphatic carbocycles. The van der Waals surface area contributed by atoms with Gasteiger partial charge in [0.1, 0.15) is 12.3 Å². The Morgan fingerprint density at radius 1 is 1.00 bits per heavy atom. The van der Waals surface area contributed by atoms with Gasteiger partial charge in [0, 0.05) is 11.3 Å². The number of nitrogens with one attached hydrogen (secondary N) is 2. The van der Waals surface area contributed by atoms with Crippen LogP contribution in [0.4, 0.5) is 5.69 Å². The second kappa shape index (κ2) is 8.84. The maximum absolute atomic E-state index is 12.1. The number of likely N-dealkylation sites (N-methyl/N-ethyl adjacent to an activating group) is 1. The first-order valence-corrected chi connectivity index (χ1v) is 7.94. The number of methoxy groups -OCH3 is 2. The number of anilines is 1. The van der Waals surface area contributed by atoms with Crippen molar-refractivity contribution in [2.24, 2.45) is 0 Å². The predicted molar refractivity (Wildman–Crippen MR) is 94.9 cm³/mol. The first-order chi connectivity index (χ1) is 12.0. The molecule has 6 nitrogen and oxygen atoms in total. The van der Waals surface area contributed by atoms with Crippen molar-refractivity contribution in [1.29, 1.82) is 0 Å². The Labute approximate surface area is 147 Å². The van der Waals surface area contributed by atoms with Crippen molar-refractivity contribution in [3.63, 3.8) is 0 Å². The predicted octanol–water partition coefficient (Wildman–Crippen LogP) is 1.14. The number of rotatable bonds is 7. The van der Waals surface area contributed by atoms with Crippen molar-refractivity contribution in [3.05, 3.63) is 59.7 Å². The van der Waals surface area contributed by atoms with Gasteiger partial charge in [-0.3, -0.25) is 4.79 Å². The normalized spacial score (nSPS) is 11.5. The SMILES string of the molecule is COC(=O)c1ccc(NC(=O)C[NH+](C)Cc2ccc(OC)cc2)cc1. The van der Waals surface area contributed by atoms with E-state index >= 15 is 0 Å². The molecule has 0 aliphatic heterocycles. The van der Waals surface area contributed by atoms with E-state index in [1.54, 1.807) is 31.4 Å². The summed E-state index contributed by atoms with van der Waals surface area (Å²) in [5.74, 6) is 0.327. The molecule has 0 aromatic heterocycles. The molecule has 0 saturated heterocycles. The summed E-state index contributed by atoms with van der Waals surface area (Å²) in [5, 5.41) is 2.83. The van der Waals surface area contributed by atoms with E-state index in [2.05, 4.69) is 10.1 Å². The van der Waals surface area contributed by atoms with Crippen LogP contribution >= 0.6 is 0 Å². The van der Waals surface area contributed by atoms with Crippen LogP contribution in [0.5, 0.6) is 5.75 Å². The lowest BCUT2D eigenvalue weighted by Gasteiger charge is -2.14. The zero-order valence-corrected chi connectivity index (χ0v) is 14.7. The smallest absolute Gasteiger partial charge is 0.337 e. The van der Waals surface area contributed by atoms with Crippen LogP contribution in [-0.4, -0.2) is 39.7 Å². The molecule has 2 aromatic carbocycles. The largest absolute Gasteiger partial charge is 0.497 e. The Morgan fingerprint density at radius 3 is 2.20 bits per heavy atom. The molecule has 2 rings (SSSR count). The lowest BCUT2D eigenvalue weighted by atomic mass is 10.2. The second-order valence-corrected chi connectivity index (χ2v) is 5.78. The van der Waals surface area contributed by atoms with Crippen LogP contribution < -0.4 is 15.0 Å². The summed E-state index contributed by atoms with van der Waals surface area (Å²) >= 11 is 0. The van der Waals surface area contributed by atoms with Crippen molar-refractivity contribution >= 4 is 17.6 Å². The summed E-state index contributed by atoms with van der Waals surface area (Å²) in [6, 6.07) is 14.4. The molecule has 1 unspecified atom stereocenters. The van der Waals surface area contributed by atoms with Crippen LogP contribution in [0.25, 0.3) is 0 Å². The first-order valence-electron chi connectivity index (χ1n) is 7.94. The third-order valence-corrected chi connectivity index (χ3v) is 3.72. The Hall–Kier alpha value is -2.86. The minimum atomic E-state index is -0.401. The van der Waals surface area contributed by atoms with Gasteiger partial charge < -0.3 is 19.7 Å². The van der Waals surface area contributed by atoms with Gasteiger partial charge in [0.15, 0.2) is 6.54 Å². The molecule has 132 valence electrons. The minimum absolute atomic E-state index is 0.0863. The topological polar surface area (TPSA) is 69.1 Å². The van der Waals surface area contributed by atoms with Gasteiger partial charge >= 0.3 is 5.97 Å². The van der Waals surface area contributed by atoms with E-state index in [1.165, 1.54) is 7.11 Å². The monoisotopic (exact) mass is 343 g/mol. The molecular weight excluding hydrogens is 320 g/mol. The molecule has 0 saturated carbocycles. The molecule has 0 spiro atoms. The van der Waals surface area contributed by atoms with Crippen LogP contribution in [0.2, 0.25) is 0 Å². The molecule has 0 heterocycles. The zero-order valence-electron chi connectivity index (χ0n) is 14.7. The van der Waals surface area contributed by atoms with Gasteiger partial charge in [0.2, 0.25) is 0 Å². The van der Waals surface area contributed by atoms with Gasteiger partial charge in [0.05, 0.1) is 26.8 Å². The quantitative estimate of drug-likeness (QED) is 0.740. The maximum Gasteiger partial charge on any atom is 0.337 e. The summed E-state index contributed by atoms with van der Waals surface area (Å²) in [4.78, 5) is 24.6. The Morgan fingerprint density at radius 2 is 1.64 bits per heavy atom. The average molecular weight is 343 g/mol. The number of esters is 1. The zero-order chi connectivity index (χ0) is 18.2. The molecule has 2 aromatic rings. The van der Waals surface area contributed by atoms with Crippen LogP contribution in [0.3, 0.4) is 0 Å². The lowest BCUT2D eigenvalue weighted by molar-refractivity contribution is -0.885. The Balaban J connectivity index is 1.85. The van der Waals surface area contributed by atoms with Crippen molar-refractivity contribution in [2.45, 2.75) is 6.54 Å². The number of carbonyl (C=O) groups excluding carboxylic acids is 2. The van der Waals surface area contributed by atoms with E-state index in [9.17, 15) is 9.59 Å².